The first-order valence-corrected chi connectivity index (χ1v) is 6.06. The fraction of sp³-hybridized carbons (Fsp3) is 1.00. The Labute approximate surface area is 130 Å². The van der Waals surface area contributed by atoms with E-state index in [1.54, 1.807) is 0 Å². The van der Waals surface area contributed by atoms with E-state index in [1.807, 2.05) is 0 Å². The van der Waals surface area contributed by atoms with Crippen molar-refractivity contribution in [3.05, 3.63) is 5.73 Å². The van der Waals surface area contributed by atoms with Gasteiger partial charge in [-0.25, -0.2) is 0 Å². The molecule has 87 valence electrons. The molecule has 2 nitrogen and oxygen atoms in total. The van der Waals surface area contributed by atoms with Crippen molar-refractivity contribution >= 4 is 0 Å². The molecule has 0 aromatic rings. The quantitative estimate of drug-likeness (QED) is 0.741. The smallest absolute Gasteiger partial charge is 0.00559 e. The first-order chi connectivity index (χ1) is 6.60. The second-order valence-electron chi connectivity index (χ2n) is 5.01. The van der Waals surface area contributed by atoms with Gasteiger partial charge in [0.2, 0.25) is 0 Å². The second kappa shape index (κ2) is 7.64. The van der Waals surface area contributed by atoms with E-state index < -0.39 is 0 Å². The van der Waals surface area contributed by atoms with E-state index in [-0.39, 0.29) is 56.1 Å². The van der Waals surface area contributed by atoms with Crippen molar-refractivity contribution in [3.63, 3.8) is 0 Å². The van der Waals surface area contributed by atoms with Crippen LogP contribution in [0.3, 0.4) is 0 Å². The molecule has 1 saturated carbocycles. The molecule has 0 saturated heterocycles. The van der Waals surface area contributed by atoms with Gasteiger partial charge in [0, 0.05) is 50.1 Å². The molecule has 1 aliphatic rings. The Kier molecular flexibility index (Phi) is 8.34. The topological polar surface area (TPSA) is 49.8 Å². The number of hydrogen-bond acceptors (Lipinski definition) is 1. The summed E-state index contributed by atoms with van der Waals surface area (Å²) in [6.07, 6.45) is 4.55. The maximum Gasteiger partial charge on any atom is 0.00559 e. The van der Waals surface area contributed by atoms with Crippen molar-refractivity contribution in [2.24, 2.45) is 23.5 Å². The summed E-state index contributed by atoms with van der Waals surface area (Å²) < 4.78 is 0. The molecule has 15 heavy (non-hydrogen) atoms. The van der Waals surface area contributed by atoms with Gasteiger partial charge in [-0.2, -0.15) is 0 Å². The molecular weight excluding hydrogens is 399 g/mol. The fourth-order valence-electron chi connectivity index (χ4n) is 2.93. The molecule has 0 heterocycles. The van der Waals surface area contributed by atoms with Crippen molar-refractivity contribution in [1.29, 1.82) is 0 Å². The van der Waals surface area contributed by atoms with Crippen LogP contribution in [0.2, 0.25) is 0 Å². The van der Waals surface area contributed by atoms with Gasteiger partial charge >= 0.3 is 0 Å². The number of hydrogen-bond donors (Lipinski definition) is 1. The monoisotopic (exact) mass is 424 g/mol. The Balaban J connectivity index is 0.00000196. The average molecular weight is 424 g/mol. The van der Waals surface area contributed by atoms with Crippen LogP contribution in [0.25, 0.3) is 5.73 Å². The van der Waals surface area contributed by atoms with Crippen molar-refractivity contribution in [2.75, 3.05) is 0 Å². The van der Waals surface area contributed by atoms with Gasteiger partial charge < -0.3 is 11.5 Å². The third-order valence-electron chi connectivity index (χ3n) is 3.92. The Morgan fingerprint density at radius 3 is 2.13 bits per heavy atom. The minimum atomic E-state index is 0. The van der Waals surface area contributed by atoms with Crippen LogP contribution in [-0.2, 0) is 0 Å². The summed E-state index contributed by atoms with van der Waals surface area (Å²) >= 11 is 0. The summed E-state index contributed by atoms with van der Waals surface area (Å²) in [6, 6.07) is 0.359. The number of nitrogens with two attached hydrogens (primary N) is 1. The van der Waals surface area contributed by atoms with Crippen LogP contribution in [0.5, 0.6) is 0 Å². The van der Waals surface area contributed by atoms with Crippen molar-refractivity contribution < 1.29 is 44.1 Å². The van der Waals surface area contributed by atoms with Gasteiger partial charge in [0.15, 0.2) is 0 Å². The van der Waals surface area contributed by atoms with E-state index in [0.717, 1.165) is 25.2 Å². The molecular formula is C12H25AcN2-. The largest absolute Gasteiger partial charge is 0.674 e. The Bertz CT molecular complexity index is 171. The second-order valence-corrected chi connectivity index (χ2v) is 5.01. The summed E-state index contributed by atoms with van der Waals surface area (Å²) in [5, 5.41) is 0. The minimum Gasteiger partial charge on any atom is -0.674 e. The molecule has 0 aromatic carbocycles. The van der Waals surface area contributed by atoms with Crippen LogP contribution < -0.4 is 5.73 Å². The zero-order valence-electron chi connectivity index (χ0n) is 10.4. The average Bonchev–Trinajstić information content (AvgIpc) is 2.47. The Hall–Kier alpha value is 1.36. The molecule has 1 fully saturated rings. The van der Waals surface area contributed by atoms with E-state index >= 15 is 0 Å². The van der Waals surface area contributed by atoms with E-state index in [1.165, 1.54) is 6.42 Å². The molecule has 0 amide bonds. The van der Waals surface area contributed by atoms with E-state index in [4.69, 9.17) is 11.5 Å². The van der Waals surface area contributed by atoms with E-state index in [2.05, 4.69) is 20.8 Å². The molecule has 0 aliphatic heterocycles. The van der Waals surface area contributed by atoms with E-state index in [0.29, 0.717) is 11.8 Å². The van der Waals surface area contributed by atoms with Crippen LogP contribution in [0.15, 0.2) is 0 Å². The van der Waals surface area contributed by atoms with Crippen LogP contribution in [0.1, 0.15) is 46.5 Å². The molecule has 1 rings (SSSR count). The Morgan fingerprint density at radius 1 is 1.27 bits per heavy atom. The minimum absolute atomic E-state index is 0. The molecule has 1 aliphatic carbocycles. The van der Waals surface area contributed by atoms with Gasteiger partial charge in [0.1, 0.15) is 0 Å². The van der Waals surface area contributed by atoms with Crippen molar-refractivity contribution in [3.8, 4) is 0 Å². The van der Waals surface area contributed by atoms with Gasteiger partial charge in [0.25, 0.3) is 0 Å². The van der Waals surface area contributed by atoms with E-state index in [9.17, 15) is 0 Å². The van der Waals surface area contributed by atoms with Crippen LogP contribution >= 0.6 is 0 Å². The summed E-state index contributed by atoms with van der Waals surface area (Å²) in [7, 11) is 0. The number of nitrogens with one attached hydrogen (secondary N) is 1. The molecule has 3 heteroatoms. The summed E-state index contributed by atoms with van der Waals surface area (Å²) in [5.41, 5.74) is 14.4. The van der Waals surface area contributed by atoms with Crippen molar-refractivity contribution in [1.82, 2.24) is 0 Å². The normalized spacial score (nSPS) is 32.8. The zero-order valence-corrected chi connectivity index (χ0v) is 15.1. The molecule has 0 spiro atoms. The molecule has 1 radical (unpaired) electrons. The molecule has 0 bridgehead atoms. The van der Waals surface area contributed by atoms with Gasteiger partial charge in [-0.05, 0) is 24.7 Å². The molecule has 3 N–H and O–H groups in total. The van der Waals surface area contributed by atoms with Gasteiger partial charge in [0.05, 0.1) is 0 Å². The third-order valence-corrected chi connectivity index (χ3v) is 3.92. The molecule has 0 aromatic heterocycles. The Morgan fingerprint density at radius 2 is 1.80 bits per heavy atom. The summed E-state index contributed by atoms with van der Waals surface area (Å²) in [4.78, 5) is 0. The maximum absolute atomic E-state index is 8.27. The van der Waals surface area contributed by atoms with Crippen molar-refractivity contribution in [2.45, 2.75) is 58.5 Å². The predicted octanol–water partition coefficient (Wildman–Crippen LogP) is 3.22. The van der Waals surface area contributed by atoms with Crippen LogP contribution in [-0.4, -0.2) is 12.1 Å². The van der Waals surface area contributed by atoms with Gasteiger partial charge in [-0.15, -0.1) is 6.04 Å². The maximum atomic E-state index is 8.27. The first kappa shape index (κ1) is 16.4. The van der Waals surface area contributed by atoms with Gasteiger partial charge in [-0.3, -0.25) is 0 Å². The van der Waals surface area contributed by atoms with Crippen LogP contribution in [0, 0.1) is 61.8 Å². The fourth-order valence-corrected chi connectivity index (χ4v) is 2.93. The number of rotatable bonds is 4. The molecule has 1 unspecified atom stereocenters. The first-order valence-electron chi connectivity index (χ1n) is 6.06. The summed E-state index contributed by atoms with van der Waals surface area (Å²) in [6.45, 7) is 6.65. The SMILES string of the molecule is CCC(CC)C([NH-])[C@@H]1C[C@@H](C)C[C@H]1N.[Ac]. The standard InChI is InChI=1S/C12H25N2.Ac/c1-4-9(5-2)12(14)10-6-8(3)7-11(10)13;/h8-12,14H,4-7,13H2,1-3H3;/q-1;/t8-,10-,11-,12?;/m1./s1. The van der Waals surface area contributed by atoms with Gasteiger partial charge in [-0.1, -0.05) is 39.5 Å². The summed E-state index contributed by atoms with van der Waals surface area (Å²) in [5.74, 6) is 1.74. The third kappa shape index (κ3) is 4.26. The van der Waals surface area contributed by atoms with Crippen LogP contribution in [0.4, 0.5) is 0 Å². The zero-order chi connectivity index (χ0) is 10.7. The predicted molar refractivity (Wildman–Crippen MR) is 62.0 cm³/mol. The molecule has 4 atom stereocenters.